The van der Waals surface area contributed by atoms with Crippen LogP contribution in [0.4, 0.5) is 5.69 Å². The van der Waals surface area contributed by atoms with Crippen LogP contribution in [0.25, 0.3) is 0 Å². The van der Waals surface area contributed by atoms with Gasteiger partial charge in [0.15, 0.2) is 0 Å². The molecule has 0 bridgehead atoms. The first-order valence-electron chi connectivity index (χ1n) is 8.93. The van der Waals surface area contributed by atoms with Crippen molar-refractivity contribution in [1.29, 1.82) is 0 Å². The molecule has 1 saturated carbocycles. The lowest BCUT2D eigenvalue weighted by atomic mass is 10.1. The van der Waals surface area contributed by atoms with Crippen LogP contribution in [-0.2, 0) is 9.59 Å². The van der Waals surface area contributed by atoms with Gasteiger partial charge in [0.1, 0.15) is 0 Å². The van der Waals surface area contributed by atoms with Gasteiger partial charge in [-0.05, 0) is 54.7 Å². The highest BCUT2D eigenvalue weighted by atomic mass is 79.9. The van der Waals surface area contributed by atoms with Crippen LogP contribution in [0.5, 0.6) is 0 Å². The van der Waals surface area contributed by atoms with Crippen molar-refractivity contribution in [2.75, 3.05) is 5.32 Å². The number of nitrogens with one attached hydrogen (secondary N) is 2. The van der Waals surface area contributed by atoms with Gasteiger partial charge in [0.2, 0.25) is 11.8 Å². The highest BCUT2D eigenvalue weighted by Crippen LogP contribution is 2.48. The predicted molar refractivity (Wildman–Crippen MR) is 107 cm³/mol. The summed E-state index contributed by atoms with van der Waals surface area (Å²) in [4.78, 5) is 24.0. The highest BCUT2D eigenvalue weighted by Gasteiger charge is 2.44. The van der Waals surface area contributed by atoms with Crippen molar-refractivity contribution in [2.24, 2.45) is 5.92 Å². The summed E-state index contributed by atoms with van der Waals surface area (Å²) in [7, 11) is 0. The van der Waals surface area contributed by atoms with Crippen LogP contribution in [-0.4, -0.2) is 11.8 Å². The fourth-order valence-corrected chi connectivity index (χ4v) is 3.52. The lowest BCUT2D eigenvalue weighted by Gasteiger charge is -2.15. The third-order valence-corrected chi connectivity index (χ3v) is 5.27. The Morgan fingerprint density at radius 2 is 1.92 bits per heavy atom. The number of benzene rings is 2. The summed E-state index contributed by atoms with van der Waals surface area (Å²) in [5.74, 6) is 0.457. The van der Waals surface area contributed by atoms with Crippen molar-refractivity contribution >= 4 is 33.4 Å². The Balaban J connectivity index is 1.55. The third-order valence-electron chi connectivity index (χ3n) is 4.78. The quantitative estimate of drug-likeness (QED) is 0.714. The summed E-state index contributed by atoms with van der Waals surface area (Å²) in [6, 6.07) is 15.7. The molecule has 26 heavy (non-hydrogen) atoms. The van der Waals surface area contributed by atoms with Crippen LogP contribution in [0.3, 0.4) is 0 Å². The Labute approximate surface area is 162 Å². The van der Waals surface area contributed by atoms with Crippen molar-refractivity contribution < 1.29 is 9.59 Å². The molecule has 0 saturated heterocycles. The molecular weight excluding hydrogens is 392 g/mol. The fourth-order valence-electron chi connectivity index (χ4n) is 3.10. The molecule has 1 aliphatic carbocycles. The minimum atomic E-state index is -0.0674. The fraction of sp³-hybridized carbons (Fsp3) is 0.333. The normalized spacial score (nSPS) is 19.5. The van der Waals surface area contributed by atoms with Crippen molar-refractivity contribution in [2.45, 2.75) is 38.6 Å². The number of rotatable bonds is 6. The SMILES string of the molecule is CCC(=O)Nc1ccc(C(C)NC(=O)C2CC2c2cccc(Br)c2)cc1. The maximum atomic E-state index is 12.5. The van der Waals surface area contributed by atoms with Crippen LogP contribution < -0.4 is 10.6 Å². The third kappa shape index (κ3) is 4.52. The first-order valence-corrected chi connectivity index (χ1v) is 9.73. The summed E-state index contributed by atoms with van der Waals surface area (Å²) >= 11 is 3.48. The molecule has 5 heteroatoms. The van der Waals surface area contributed by atoms with E-state index in [4.69, 9.17) is 0 Å². The summed E-state index contributed by atoms with van der Waals surface area (Å²) in [6.07, 6.45) is 1.35. The zero-order valence-corrected chi connectivity index (χ0v) is 16.5. The van der Waals surface area contributed by atoms with Crippen LogP contribution >= 0.6 is 15.9 Å². The predicted octanol–water partition coefficient (Wildman–Crippen LogP) is 4.78. The van der Waals surface area contributed by atoms with Gasteiger partial charge in [-0.2, -0.15) is 0 Å². The molecule has 0 radical (unpaired) electrons. The molecule has 0 aliphatic heterocycles. The van der Waals surface area contributed by atoms with Gasteiger partial charge in [-0.1, -0.05) is 47.1 Å². The van der Waals surface area contributed by atoms with Crippen LogP contribution in [0.1, 0.15) is 49.8 Å². The van der Waals surface area contributed by atoms with E-state index in [2.05, 4.69) is 38.7 Å². The van der Waals surface area contributed by atoms with E-state index in [1.165, 1.54) is 5.56 Å². The molecular formula is C21H23BrN2O2. The Morgan fingerprint density at radius 3 is 2.58 bits per heavy atom. The number of hydrogen-bond acceptors (Lipinski definition) is 2. The van der Waals surface area contributed by atoms with Crippen LogP contribution in [0.15, 0.2) is 53.0 Å². The van der Waals surface area contributed by atoms with Crippen molar-refractivity contribution in [3.63, 3.8) is 0 Å². The molecule has 2 aromatic rings. The number of halogens is 1. The molecule has 2 aromatic carbocycles. The number of amides is 2. The maximum absolute atomic E-state index is 12.5. The van der Waals surface area contributed by atoms with E-state index < -0.39 is 0 Å². The lowest BCUT2D eigenvalue weighted by Crippen LogP contribution is -2.28. The molecule has 2 N–H and O–H groups in total. The van der Waals surface area contributed by atoms with Crippen molar-refractivity contribution in [3.8, 4) is 0 Å². The van der Waals surface area contributed by atoms with Gasteiger partial charge in [0, 0.05) is 22.5 Å². The van der Waals surface area contributed by atoms with E-state index in [0.29, 0.717) is 12.3 Å². The minimum Gasteiger partial charge on any atom is -0.349 e. The number of anilines is 1. The van der Waals surface area contributed by atoms with Crippen LogP contribution in [0.2, 0.25) is 0 Å². The minimum absolute atomic E-state index is 0.00794. The van der Waals surface area contributed by atoms with Gasteiger partial charge in [-0.25, -0.2) is 0 Å². The molecule has 2 amide bonds. The van der Waals surface area contributed by atoms with E-state index in [1.54, 1.807) is 0 Å². The summed E-state index contributed by atoms with van der Waals surface area (Å²) < 4.78 is 1.05. The molecule has 3 atom stereocenters. The Kier molecular flexibility index (Phi) is 5.77. The molecule has 4 nitrogen and oxygen atoms in total. The molecule has 3 rings (SSSR count). The molecule has 3 unspecified atom stereocenters. The molecule has 1 aliphatic rings. The molecule has 1 fully saturated rings. The topological polar surface area (TPSA) is 58.2 Å². The average molecular weight is 415 g/mol. The van der Waals surface area contributed by atoms with E-state index in [9.17, 15) is 9.59 Å². The van der Waals surface area contributed by atoms with Crippen molar-refractivity contribution in [3.05, 3.63) is 64.1 Å². The second-order valence-corrected chi connectivity index (χ2v) is 7.67. The number of hydrogen-bond donors (Lipinski definition) is 2. The Bertz CT molecular complexity index is 804. The summed E-state index contributed by atoms with van der Waals surface area (Å²) in [6.45, 7) is 3.80. The molecule has 136 valence electrons. The van der Waals surface area contributed by atoms with E-state index in [-0.39, 0.29) is 23.8 Å². The second kappa shape index (κ2) is 8.04. The van der Waals surface area contributed by atoms with Gasteiger partial charge >= 0.3 is 0 Å². The van der Waals surface area contributed by atoms with E-state index in [1.807, 2.05) is 50.2 Å². The first-order chi connectivity index (χ1) is 12.5. The maximum Gasteiger partial charge on any atom is 0.224 e. The first kappa shape index (κ1) is 18.6. The molecule has 0 heterocycles. The smallest absolute Gasteiger partial charge is 0.224 e. The lowest BCUT2D eigenvalue weighted by molar-refractivity contribution is -0.123. The summed E-state index contributed by atoms with van der Waals surface area (Å²) in [5, 5.41) is 5.93. The standard InChI is InChI=1S/C21H23BrN2O2/c1-3-20(25)24-17-9-7-14(8-10-17)13(2)23-21(26)19-12-18(19)15-5-4-6-16(22)11-15/h4-11,13,18-19H,3,12H2,1-2H3,(H,23,26)(H,24,25). The van der Waals surface area contributed by atoms with Gasteiger partial charge < -0.3 is 10.6 Å². The number of carbonyl (C=O) groups is 2. The zero-order chi connectivity index (χ0) is 18.7. The molecule has 0 spiro atoms. The molecule has 0 aromatic heterocycles. The van der Waals surface area contributed by atoms with Gasteiger partial charge in [-0.15, -0.1) is 0 Å². The Morgan fingerprint density at radius 1 is 1.19 bits per heavy atom. The van der Waals surface area contributed by atoms with Gasteiger partial charge in [0.25, 0.3) is 0 Å². The zero-order valence-electron chi connectivity index (χ0n) is 15.0. The van der Waals surface area contributed by atoms with Crippen LogP contribution in [0, 0.1) is 5.92 Å². The monoisotopic (exact) mass is 414 g/mol. The average Bonchev–Trinajstić information content (AvgIpc) is 3.43. The van der Waals surface area contributed by atoms with E-state index in [0.717, 1.165) is 22.1 Å². The number of carbonyl (C=O) groups excluding carboxylic acids is 2. The van der Waals surface area contributed by atoms with E-state index >= 15 is 0 Å². The van der Waals surface area contributed by atoms with Gasteiger partial charge in [-0.3, -0.25) is 9.59 Å². The second-order valence-electron chi connectivity index (χ2n) is 6.76. The van der Waals surface area contributed by atoms with Gasteiger partial charge in [0.05, 0.1) is 6.04 Å². The Hall–Kier alpha value is -2.14. The summed E-state index contributed by atoms with van der Waals surface area (Å²) in [5.41, 5.74) is 3.01. The van der Waals surface area contributed by atoms with Crippen molar-refractivity contribution in [1.82, 2.24) is 5.32 Å². The largest absolute Gasteiger partial charge is 0.349 e. The highest BCUT2D eigenvalue weighted by molar-refractivity contribution is 9.10.